The molecule has 0 aromatic heterocycles. The third kappa shape index (κ3) is 2.94. The number of benzene rings is 2. The number of rotatable bonds is 2. The molecule has 1 aliphatic carbocycles. The van der Waals surface area contributed by atoms with Crippen LogP contribution in [0.2, 0.25) is 0 Å². The van der Waals surface area contributed by atoms with Gasteiger partial charge in [-0.25, -0.2) is 0 Å². The van der Waals surface area contributed by atoms with Crippen molar-refractivity contribution in [3.05, 3.63) is 58.7 Å². The Morgan fingerprint density at radius 3 is 1.78 bits per heavy atom. The van der Waals surface area contributed by atoms with E-state index in [1.54, 1.807) is 0 Å². The first kappa shape index (κ1) is 19.8. The van der Waals surface area contributed by atoms with Gasteiger partial charge in [-0.2, -0.15) is 0 Å². The Balaban J connectivity index is 2.07. The van der Waals surface area contributed by atoms with Gasteiger partial charge in [0.1, 0.15) is 11.5 Å². The summed E-state index contributed by atoms with van der Waals surface area (Å²) >= 11 is 0. The highest BCUT2D eigenvalue weighted by atomic mass is 16.3. The molecule has 1 saturated carbocycles. The van der Waals surface area contributed by atoms with Gasteiger partial charge < -0.3 is 10.2 Å². The Hall–Kier alpha value is -1.96. The Morgan fingerprint density at radius 2 is 1.26 bits per heavy atom. The largest absolute Gasteiger partial charge is 0.508 e. The lowest BCUT2D eigenvalue weighted by Crippen LogP contribution is -2.51. The van der Waals surface area contributed by atoms with Gasteiger partial charge in [0, 0.05) is 0 Å². The fraction of sp³-hybridized carbons (Fsp3) is 0.520. The summed E-state index contributed by atoms with van der Waals surface area (Å²) in [7, 11) is 0. The van der Waals surface area contributed by atoms with E-state index in [2.05, 4.69) is 59.7 Å². The van der Waals surface area contributed by atoms with Crippen molar-refractivity contribution in [3.63, 3.8) is 0 Å². The van der Waals surface area contributed by atoms with Crippen molar-refractivity contribution in [2.75, 3.05) is 0 Å². The van der Waals surface area contributed by atoms with Crippen LogP contribution >= 0.6 is 0 Å². The standard InChI is InChI=1S/C25H34O2/c1-14-15(2)23(27)13-12-22(14)24-16(3)18(5)25(7,19(6)17(24)4)20-8-10-21(26)11-9-20/h8-13,16-19,24,26-27H,1-7H3. The molecule has 3 rings (SSSR count). The van der Waals surface area contributed by atoms with Gasteiger partial charge in [0.05, 0.1) is 0 Å². The molecule has 1 fully saturated rings. The molecule has 0 radical (unpaired) electrons. The van der Waals surface area contributed by atoms with E-state index < -0.39 is 0 Å². The zero-order chi connectivity index (χ0) is 20.1. The number of hydrogen-bond acceptors (Lipinski definition) is 2. The second-order valence-corrected chi connectivity index (χ2v) is 9.07. The topological polar surface area (TPSA) is 40.5 Å². The maximum Gasteiger partial charge on any atom is 0.118 e. The third-order valence-electron chi connectivity index (χ3n) is 8.25. The first-order chi connectivity index (χ1) is 12.6. The zero-order valence-electron chi connectivity index (χ0n) is 17.7. The molecule has 4 unspecified atom stereocenters. The van der Waals surface area contributed by atoms with Gasteiger partial charge in [0.2, 0.25) is 0 Å². The van der Waals surface area contributed by atoms with E-state index in [9.17, 15) is 10.2 Å². The van der Waals surface area contributed by atoms with E-state index in [1.165, 1.54) is 16.7 Å². The van der Waals surface area contributed by atoms with E-state index in [0.717, 1.165) is 5.56 Å². The lowest BCUT2D eigenvalue weighted by atomic mass is 9.48. The molecule has 27 heavy (non-hydrogen) atoms. The summed E-state index contributed by atoms with van der Waals surface area (Å²) in [5.41, 5.74) is 4.99. The van der Waals surface area contributed by atoms with Crippen LogP contribution in [-0.4, -0.2) is 10.2 Å². The minimum Gasteiger partial charge on any atom is -0.508 e. The summed E-state index contributed by atoms with van der Waals surface area (Å²) in [6, 6.07) is 11.8. The van der Waals surface area contributed by atoms with E-state index in [4.69, 9.17) is 0 Å². The van der Waals surface area contributed by atoms with Gasteiger partial charge in [-0.3, -0.25) is 0 Å². The van der Waals surface area contributed by atoms with Crippen LogP contribution in [0.3, 0.4) is 0 Å². The maximum atomic E-state index is 10.1. The van der Waals surface area contributed by atoms with Gasteiger partial charge in [-0.05, 0) is 89.3 Å². The highest BCUT2D eigenvalue weighted by Gasteiger charge is 2.51. The summed E-state index contributed by atoms with van der Waals surface area (Å²) in [6.07, 6.45) is 0. The molecule has 0 aliphatic heterocycles. The van der Waals surface area contributed by atoms with Crippen molar-refractivity contribution in [3.8, 4) is 11.5 Å². The van der Waals surface area contributed by atoms with Gasteiger partial charge in [0.15, 0.2) is 0 Å². The van der Waals surface area contributed by atoms with Crippen LogP contribution in [0.4, 0.5) is 0 Å². The molecular formula is C25H34O2. The molecular weight excluding hydrogens is 332 g/mol. The SMILES string of the molecule is Cc1c(O)ccc(C2C(C)C(C)C(C)(c3ccc(O)cc3)C(C)C2C)c1C. The van der Waals surface area contributed by atoms with Crippen molar-refractivity contribution < 1.29 is 10.2 Å². The fourth-order valence-electron chi connectivity index (χ4n) is 5.71. The quantitative estimate of drug-likeness (QED) is 0.653. The first-order valence-electron chi connectivity index (χ1n) is 10.2. The molecule has 146 valence electrons. The number of phenolic OH excluding ortho intramolecular Hbond substituents is 2. The van der Waals surface area contributed by atoms with Crippen LogP contribution in [0.1, 0.15) is 62.8 Å². The molecule has 2 heteroatoms. The summed E-state index contributed by atoms with van der Waals surface area (Å²) in [5.74, 6) is 3.20. The van der Waals surface area contributed by atoms with E-state index in [1.807, 2.05) is 25.1 Å². The molecule has 2 aromatic rings. The van der Waals surface area contributed by atoms with E-state index >= 15 is 0 Å². The number of hydrogen-bond donors (Lipinski definition) is 2. The molecule has 2 aromatic carbocycles. The fourth-order valence-corrected chi connectivity index (χ4v) is 5.71. The summed E-state index contributed by atoms with van der Waals surface area (Å²) in [4.78, 5) is 0. The molecule has 0 bridgehead atoms. The van der Waals surface area contributed by atoms with Crippen molar-refractivity contribution in [2.45, 2.75) is 59.8 Å². The maximum absolute atomic E-state index is 10.1. The summed E-state index contributed by atoms with van der Waals surface area (Å²) in [6.45, 7) is 16.1. The van der Waals surface area contributed by atoms with Crippen LogP contribution in [0, 0.1) is 37.5 Å². The minimum absolute atomic E-state index is 0.0584. The van der Waals surface area contributed by atoms with Crippen LogP contribution in [-0.2, 0) is 5.41 Å². The van der Waals surface area contributed by atoms with E-state index in [0.29, 0.717) is 41.1 Å². The van der Waals surface area contributed by atoms with Gasteiger partial charge in [-0.15, -0.1) is 0 Å². The lowest BCUT2D eigenvalue weighted by molar-refractivity contribution is 0.0270. The summed E-state index contributed by atoms with van der Waals surface area (Å²) < 4.78 is 0. The van der Waals surface area contributed by atoms with Crippen molar-refractivity contribution in [1.29, 1.82) is 0 Å². The van der Waals surface area contributed by atoms with Crippen LogP contribution in [0.25, 0.3) is 0 Å². The highest BCUT2D eigenvalue weighted by Crippen LogP contribution is 2.57. The first-order valence-corrected chi connectivity index (χ1v) is 10.2. The van der Waals surface area contributed by atoms with Crippen LogP contribution in [0.5, 0.6) is 11.5 Å². The summed E-state index contributed by atoms with van der Waals surface area (Å²) in [5, 5.41) is 19.8. The molecule has 0 heterocycles. The second kappa shape index (κ2) is 6.89. The molecule has 2 N–H and O–H groups in total. The lowest BCUT2D eigenvalue weighted by Gasteiger charge is -2.55. The molecule has 2 nitrogen and oxygen atoms in total. The zero-order valence-corrected chi connectivity index (χ0v) is 17.7. The second-order valence-electron chi connectivity index (χ2n) is 9.07. The number of phenols is 2. The van der Waals surface area contributed by atoms with Crippen molar-refractivity contribution in [2.24, 2.45) is 23.7 Å². The Morgan fingerprint density at radius 1 is 0.741 bits per heavy atom. The molecule has 1 aliphatic rings. The monoisotopic (exact) mass is 366 g/mol. The molecule has 0 spiro atoms. The Bertz CT molecular complexity index is 805. The average molecular weight is 367 g/mol. The minimum atomic E-state index is 0.0584. The highest BCUT2D eigenvalue weighted by molar-refractivity contribution is 5.45. The Labute approximate surface area is 164 Å². The van der Waals surface area contributed by atoms with Gasteiger partial charge in [0.25, 0.3) is 0 Å². The van der Waals surface area contributed by atoms with Crippen LogP contribution < -0.4 is 0 Å². The van der Waals surface area contributed by atoms with Gasteiger partial charge in [-0.1, -0.05) is 52.8 Å². The van der Waals surface area contributed by atoms with Crippen molar-refractivity contribution in [1.82, 2.24) is 0 Å². The molecule has 4 atom stereocenters. The average Bonchev–Trinajstić information content (AvgIpc) is 2.65. The van der Waals surface area contributed by atoms with Crippen LogP contribution in [0.15, 0.2) is 36.4 Å². The number of aromatic hydroxyl groups is 2. The predicted octanol–water partition coefficient (Wildman–Crippen LogP) is 6.31. The predicted molar refractivity (Wildman–Crippen MR) is 112 cm³/mol. The smallest absolute Gasteiger partial charge is 0.118 e. The molecule has 0 saturated heterocycles. The van der Waals surface area contributed by atoms with Crippen molar-refractivity contribution >= 4 is 0 Å². The van der Waals surface area contributed by atoms with Gasteiger partial charge >= 0.3 is 0 Å². The molecule has 0 amide bonds. The van der Waals surface area contributed by atoms with E-state index in [-0.39, 0.29) is 5.41 Å². The Kier molecular flexibility index (Phi) is 5.05. The third-order valence-corrected chi connectivity index (χ3v) is 8.25. The normalized spacial score (nSPS) is 33.8.